The van der Waals surface area contributed by atoms with E-state index in [9.17, 15) is 18.8 Å². The second kappa shape index (κ2) is 7.54. The van der Waals surface area contributed by atoms with E-state index < -0.39 is 17.3 Å². The van der Waals surface area contributed by atoms with E-state index in [0.717, 1.165) is 6.20 Å². The van der Waals surface area contributed by atoms with Crippen LogP contribution in [0, 0.1) is 5.82 Å². The number of carbonyl (C=O) groups is 2. The van der Waals surface area contributed by atoms with Gasteiger partial charge in [-0.25, -0.2) is 9.37 Å². The minimum Gasteiger partial charge on any atom is -0.379 e. The summed E-state index contributed by atoms with van der Waals surface area (Å²) in [6.07, 6.45) is 1.68. The number of hydrogen-bond donors (Lipinski definition) is 1. The molecule has 0 bridgehead atoms. The molecule has 3 aromatic rings. The fraction of sp³-hybridized carbons (Fsp3) is 0.316. The van der Waals surface area contributed by atoms with Gasteiger partial charge in [-0.3, -0.25) is 14.4 Å². The van der Waals surface area contributed by atoms with Gasteiger partial charge in [0, 0.05) is 12.7 Å². The fourth-order valence-corrected chi connectivity index (χ4v) is 4.32. The van der Waals surface area contributed by atoms with Crippen molar-refractivity contribution in [1.82, 2.24) is 24.1 Å². The van der Waals surface area contributed by atoms with E-state index in [0.29, 0.717) is 29.9 Å². The van der Waals surface area contributed by atoms with Crippen LogP contribution in [0.15, 0.2) is 33.8 Å². The van der Waals surface area contributed by atoms with Crippen molar-refractivity contribution in [3.8, 4) is 0 Å². The first-order valence-corrected chi connectivity index (χ1v) is 10.3. The summed E-state index contributed by atoms with van der Waals surface area (Å²) in [5.41, 5.74) is 0.352. The van der Waals surface area contributed by atoms with Gasteiger partial charge in [0.1, 0.15) is 34.1 Å². The lowest BCUT2D eigenvalue weighted by Gasteiger charge is -2.22. The van der Waals surface area contributed by atoms with Crippen LogP contribution in [0.2, 0.25) is 0 Å². The Kier molecular flexibility index (Phi) is 4.82. The van der Waals surface area contributed by atoms with Crippen molar-refractivity contribution in [3.05, 3.63) is 56.4 Å². The molecule has 1 N–H and O–H groups in total. The number of carbonyl (C=O) groups excluding carboxylic acids is 2. The Balaban J connectivity index is 1.55. The molecule has 12 heteroatoms. The molecule has 0 aromatic carbocycles. The van der Waals surface area contributed by atoms with Crippen LogP contribution < -0.4 is 10.9 Å². The lowest BCUT2D eigenvalue weighted by molar-refractivity contribution is -0.116. The van der Waals surface area contributed by atoms with Crippen LogP contribution in [0.5, 0.6) is 0 Å². The second-order valence-corrected chi connectivity index (χ2v) is 8.13. The van der Waals surface area contributed by atoms with Crippen LogP contribution in [-0.4, -0.2) is 55.1 Å². The summed E-state index contributed by atoms with van der Waals surface area (Å²) in [5, 5.41) is 6.73. The highest BCUT2D eigenvalue weighted by molar-refractivity contribution is 9.10. The molecule has 3 aromatic heterocycles. The predicted octanol–water partition coefficient (Wildman–Crippen LogP) is 1.18. The number of nitrogens with zero attached hydrogens (tertiary/aromatic N) is 5. The third-order valence-corrected chi connectivity index (χ3v) is 5.77. The minimum absolute atomic E-state index is 0.121. The molecule has 10 nitrogen and oxygen atoms in total. The lowest BCUT2D eigenvalue weighted by Crippen LogP contribution is -2.36. The molecule has 5 heterocycles. The maximum absolute atomic E-state index is 13.3. The number of nitrogens with one attached hydrogen (secondary N) is 1. The van der Waals surface area contributed by atoms with E-state index in [2.05, 4.69) is 31.3 Å². The van der Waals surface area contributed by atoms with Gasteiger partial charge in [0.2, 0.25) is 5.91 Å². The number of aromatic nitrogens is 4. The standard InChI is InChI=1S/C19H16BrFN6O4/c20-13-5-16-26(8-15(28)23-14-2-1-10(21)6-22-14)17-12(18(29)27(16)24-13)7-25(19(17)30)11-3-4-31-9-11/h1-2,5-6,11H,3-4,7-9H2,(H,22,23,28). The number of amides is 2. The van der Waals surface area contributed by atoms with Crippen LogP contribution >= 0.6 is 15.9 Å². The maximum atomic E-state index is 13.3. The SMILES string of the molecule is O=C(Cn1c2c(c(=O)n3nc(Br)cc13)CN(C1CCOC1)C2=O)Nc1ccc(F)cn1. The summed E-state index contributed by atoms with van der Waals surface area (Å²) in [5.74, 6) is -1.16. The van der Waals surface area contributed by atoms with Gasteiger partial charge < -0.3 is 19.5 Å². The predicted molar refractivity (Wildman–Crippen MR) is 109 cm³/mol. The zero-order chi connectivity index (χ0) is 21.7. The summed E-state index contributed by atoms with van der Waals surface area (Å²) in [4.78, 5) is 44.4. The first kappa shape index (κ1) is 19.8. The average molecular weight is 491 g/mol. The average Bonchev–Trinajstić information content (AvgIpc) is 3.46. The molecular weight excluding hydrogens is 475 g/mol. The van der Waals surface area contributed by atoms with E-state index in [1.807, 2.05) is 0 Å². The summed E-state index contributed by atoms with van der Waals surface area (Å²) in [7, 11) is 0. The summed E-state index contributed by atoms with van der Waals surface area (Å²) >= 11 is 3.25. The number of halogens is 2. The molecule has 31 heavy (non-hydrogen) atoms. The van der Waals surface area contributed by atoms with Crippen LogP contribution in [0.1, 0.15) is 22.5 Å². The van der Waals surface area contributed by atoms with Crippen LogP contribution in [0.4, 0.5) is 10.2 Å². The molecule has 2 amide bonds. The van der Waals surface area contributed by atoms with Crippen molar-refractivity contribution in [1.29, 1.82) is 0 Å². The van der Waals surface area contributed by atoms with E-state index in [1.165, 1.54) is 21.2 Å². The molecule has 5 rings (SSSR count). The Morgan fingerprint density at radius 2 is 2.19 bits per heavy atom. The zero-order valence-corrected chi connectivity index (χ0v) is 17.6. The third-order valence-electron chi connectivity index (χ3n) is 5.38. The van der Waals surface area contributed by atoms with E-state index in [-0.39, 0.29) is 42.1 Å². The molecule has 1 saturated heterocycles. The van der Waals surface area contributed by atoms with Gasteiger partial charge in [-0.15, -0.1) is 0 Å². The molecule has 0 radical (unpaired) electrons. The van der Waals surface area contributed by atoms with Crippen LogP contribution in [-0.2, 0) is 22.6 Å². The van der Waals surface area contributed by atoms with Gasteiger partial charge in [0.25, 0.3) is 11.5 Å². The second-order valence-electron chi connectivity index (χ2n) is 7.32. The molecular formula is C19H16BrFN6O4. The highest BCUT2D eigenvalue weighted by atomic mass is 79.9. The lowest BCUT2D eigenvalue weighted by atomic mass is 10.2. The largest absolute Gasteiger partial charge is 0.379 e. The molecule has 0 aliphatic carbocycles. The topological polar surface area (TPSA) is 111 Å². The van der Waals surface area contributed by atoms with Crippen LogP contribution in [0.3, 0.4) is 0 Å². The highest BCUT2D eigenvalue weighted by Gasteiger charge is 2.39. The molecule has 160 valence electrons. The maximum Gasteiger partial charge on any atom is 0.280 e. The Morgan fingerprint density at radius 1 is 1.35 bits per heavy atom. The molecule has 0 spiro atoms. The number of fused-ring (bicyclic) bond motifs is 2. The van der Waals surface area contributed by atoms with E-state index >= 15 is 0 Å². The molecule has 2 aliphatic heterocycles. The van der Waals surface area contributed by atoms with Crippen molar-refractivity contribution < 1.29 is 18.7 Å². The summed E-state index contributed by atoms with van der Waals surface area (Å²) in [6.45, 7) is 0.839. The fourth-order valence-electron chi connectivity index (χ4n) is 3.96. The Hall–Kier alpha value is -3.12. The number of rotatable bonds is 4. The van der Waals surface area contributed by atoms with Crippen molar-refractivity contribution in [3.63, 3.8) is 0 Å². The van der Waals surface area contributed by atoms with Crippen molar-refractivity contribution in [2.45, 2.75) is 25.6 Å². The van der Waals surface area contributed by atoms with Gasteiger partial charge in [0.05, 0.1) is 31.0 Å². The Labute approximate surface area is 182 Å². The van der Waals surface area contributed by atoms with Gasteiger partial charge in [-0.2, -0.15) is 9.61 Å². The monoisotopic (exact) mass is 490 g/mol. The quantitative estimate of drug-likeness (QED) is 0.587. The first-order chi connectivity index (χ1) is 14.9. The summed E-state index contributed by atoms with van der Waals surface area (Å²) in [6, 6.07) is 3.96. The van der Waals surface area contributed by atoms with Crippen molar-refractivity contribution >= 4 is 39.2 Å². The molecule has 0 saturated carbocycles. The van der Waals surface area contributed by atoms with Gasteiger partial charge in [0.15, 0.2) is 0 Å². The number of ether oxygens (including phenoxy) is 1. The van der Waals surface area contributed by atoms with Gasteiger partial charge >= 0.3 is 0 Å². The smallest absolute Gasteiger partial charge is 0.280 e. The Morgan fingerprint density at radius 3 is 2.90 bits per heavy atom. The number of anilines is 1. The normalized spacial score (nSPS) is 18.1. The molecule has 1 fully saturated rings. The zero-order valence-electron chi connectivity index (χ0n) is 16.0. The molecule has 2 aliphatic rings. The van der Waals surface area contributed by atoms with Crippen LogP contribution in [0.25, 0.3) is 5.65 Å². The Bertz CT molecular complexity index is 1270. The first-order valence-electron chi connectivity index (χ1n) is 9.53. The van der Waals surface area contributed by atoms with Gasteiger partial charge in [-0.1, -0.05) is 0 Å². The highest BCUT2D eigenvalue weighted by Crippen LogP contribution is 2.27. The number of hydrogen-bond acceptors (Lipinski definition) is 6. The summed E-state index contributed by atoms with van der Waals surface area (Å²) < 4.78 is 21.5. The van der Waals surface area contributed by atoms with Crippen molar-refractivity contribution in [2.75, 3.05) is 18.5 Å². The number of pyridine rings is 1. The molecule has 1 atom stereocenters. The van der Waals surface area contributed by atoms with Crippen molar-refractivity contribution in [2.24, 2.45) is 0 Å². The minimum atomic E-state index is -0.524. The van der Waals surface area contributed by atoms with E-state index in [4.69, 9.17) is 4.74 Å². The van der Waals surface area contributed by atoms with E-state index in [1.54, 1.807) is 11.0 Å². The third kappa shape index (κ3) is 3.41. The van der Waals surface area contributed by atoms with Gasteiger partial charge in [-0.05, 0) is 34.5 Å². The molecule has 1 unspecified atom stereocenters.